The molecule has 5 nitrogen and oxygen atoms in total. The van der Waals surface area contributed by atoms with Crippen LogP contribution in [0.1, 0.15) is 21.7 Å². The Balaban J connectivity index is 2.81. The van der Waals surface area contributed by atoms with Crippen molar-refractivity contribution in [1.29, 1.82) is 0 Å². The van der Waals surface area contributed by atoms with Crippen LogP contribution in [0.4, 0.5) is 12.9 Å². The molecule has 21 heavy (non-hydrogen) atoms. The molecular weight excluding hydrogens is 286 g/mol. The molecule has 0 bridgehead atoms. The van der Waals surface area contributed by atoms with Gasteiger partial charge in [0.15, 0.2) is 5.82 Å². The van der Waals surface area contributed by atoms with Crippen LogP contribution in [0.15, 0.2) is 18.6 Å². The van der Waals surface area contributed by atoms with Crippen molar-refractivity contribution < 1.29 is 22.5 Å². The van der Waals surface area contributed by atoms with Crippen LogP contribution >= 0.6 is 0 Å². The van der Waals surface area contributed by atoms with Gasteiger partial charge in [-0.1, -0.05) is 5.46 Å². The van der Waals surface area contributed by atoms with Gasteiger partial charge in [-0.3, -0.25) is 4.98 Å². The fourth-order valence-electron chi connectivity index (χ4n) is 2.37. The molecule has 0 unspecified atom stereocenters. The van der Waals surface area contributed by atoms with E-state index in [0.717, 1.165) is 7.11 Å². The van der Waals surface area contributed by atoms with Crippen molar-refractivity contribution in [3.63, 3.8) is 0 Å². The van der Waals surface area contributed by atoms with Gasteiger partial charge in [0.2, 0.25) is 0 Å². The minimum atomic E-state index is -5.37. The summed E-state index contributed by atoms with van der Waals surface area (Å²) in [5.74, 6) is -0.809. The summed E-state index contributed by atoms with van der Waals surface area (Å²) < 4.78 is 45.7. The first-order chi connectivity index (χ1) is 9.79. The third kappa shape index (κ3) is 2.50. The number of aromatic nitrogens is 3. The summed E-state index contributed by atoms with van der Waals surface area (Å²) in [6.45, 7) is -2.66. The molecule has 112 valence electrons. The zero-order valence-corrected chi connectivity index (χ0v) is 11.6. The van der Waals surface area contributed by atoms with E-state index in [9.17, 15) is 17.7 Å². The number of rotatable bonds is 3. The number of esters is 1. The summed E-state index contributed by atoms with van der Waals surface area (Å²) in [7, 11) is 1.05. The third-order valence-corrected chi connectivity index (χ3v) is 3.19. The van der Waals surface area contributed by atoms with Crippen molar-refractivity contribution in [3.05, 3.63) is 35.5 Å². The Hall–Kier alpha value is -2.32. The second kappa shape index (κ2) is 5.23. The van der Waals surface area contributed by atoms with Gasteiger partial charge in [-0.25, -0.2) is 9.78 Å². The van der Waals surface area contributed by atoms with Gasteiger partial charge >= 0.3 is 12.9 Å². The quantitative estimate of drug-likeness (QED) is 0.639. The van der Waals surface area contributed by atoms with E-state index in [0.29, 0.717) is 0 Å². The summed E-state index contributed by atoms with van der Waals surface area (Å²) >= 11 is 0. The molecule has 2 rings (SSSR count). The predicted octanol–water partition coefficient (Wildman–Crippen LogP) is 1.73. The second-order valence-electron chi connectivity index (χ2n) is 4.42. The topological polar surface area (TPSA) is 57.0 Å². The molecule has 0 aliphatic carbocycles. The maximum Gasteiger partial charge on any atom is 0.512 e. The van der Waals surface area contributed by atoms with E-state index < -0.39 is 24.0 Å². The molecule has 0 saturated heterocycles. The maximum absolute atomic E-state index is 13.3. The highest BCUT2D eigenvalue weighted by Crippen LogP contribution is 2.23. The van der Waals surface area contributed by atoms with E-state index in [-0.39, 0.29) is 17.2 Å². The first kappa shape index (κ1) is 15.1. The van der Waals surface area contributed by atoms with Crippen LogP contribution in [0, 0.1) is 13.8 Å². The molecule has 9 heteroatoms. The van der Waals surface area contributed by atoms with Crippen LogP contribution in [0.2, 0.25) is 0 Å². The lowest BCUT2D eigenvalue weighted by atomic mass is 9.77. The Morgan fingerprint density at radius 1 is 1.24 bits per heavy atom. The molecule has 2 heterocycles. The highest BCUT2D eigenvalue weighted by Gasteiger charge is 2.37. The van der Waals surface area contributed by atoms with Crippen LogP contribution in [-0.4, -0.2) is 34.6 Å². The number of nitrogens with zero attached hydrogens (tertiary/aromatic N) is 3. The summed E-state index contributed by atoms with van der Waals surface area (Å²) in [6.07, 6.45) is 4.10. The first-order valence-electron chi connectivity index (χ1n) is 6.05. The molecular formula is C12H12BF3N3O2-. The molecule has 0 aliphatic rings. The largest absolute Gasteiger partial charge is 0.512 e. The van der Waals surface area contributed by atoms with Crippen molar-refractivity contribution in [1.82, 2.24) is 14.5 Å². The Morgan fingerprint density at radius 3 is 2.38 bits per heavy atom. The molecule has 0 saturated carbocycles. The van der Waals surface area contributed by atoms with Gasteiger partial charge in [-0.15, -0.1) is 0 Å². The zero-order valence-electron chi connectivity index (χ0n) is 11.6. The summed E-state index contributed by atoms with van der Waals surface area (Å²) in [4.78, 5) is 19.6. The number of hydrogen-bond acceptors (Lipinski definition) is 4. The van der Waals surface area contributed by atoms with Gasteiger partial charge in [0.25, 0.3) is 0 Å². The molecule has 0 spiro atoms. The Kier molecular flexibility index (Phi) is 3.76. The molecule has 0 aromatic carbocycles. The van der Waals surface area contributed by atoms with E-state index in [1.165, 1.54) is 37.0 Å². The number of ether oxygens (including phenoxy) is 1. The average molecular weight is 298 g/mol. The van der Waals surface area contributed by atoms with E-state index in [1.807, 2.05) is 0 Å². The van der Waals surface area contributed by atoms with E-state index in [4.69, 9.17) is 0 Å². The predicted molar refractivity (Wildman–Crippen MR) is 70.9 cm³/mol. The van der Waals surface area contributed by atoms with Crippen LogP contribution in [0.25, 0.3) is 5.82 Å². The number of halogens is 3. The monoisotopic (exact) mass is 298 g/mol. The first-order valence-corrected chi connectivity index (χ1v) is 6.05. The Morgan fingerprint density at radius 2 is 1.90 bits per heavy atom. The fraction of sp³-hybridized carbons (Fsp3) is 0.250. The number of methoxy groups -OCH3 is 1. The molecule has 0 amide bonds. The minimum Gasteiger partial charge on any atom is -0.465 e. The molecule has 0 atom stereocenters. The van der Waals surface area contributed by atoms with Crippen LogP contribution in [0.5, 0.6) is 0 Å². The molecule has 0 N–H and O–H groups in total. The van der Waals surface area contributed by atoms with Gasteiger partial charge < -0.3 is 22.3 Å². The van der Waals surface area contributed by atoms with Crippen LogP contribution in [0.3, 0.4) is 0 Å². The van der Waals surface area contributed by atoms with Gasteiger partial charge in [-0.2, -0.15) is 0 Å². The van der Waals surface area contributed by atoms with Crippen molar-refractivity contribution in [2.45, 2.75) is 13.8 Å². The van der Waals surface area contributed by atoms with Crippen molar-refractivity contribution in [2.24, 2.45) is 0 Å². The lowest BCUT2D eigenvalue weighted by Gasteiger charge is -2.16. The Bertz CT molecular complexity index is 683. The smallest absolute Gasteiger partial charge is 0.465 e. The van der Waals surface area contributed by atoms with Gasteiger partial charge in [-0.05, 0) is 19.5 Å². The SMILES string of the molecule is COC(=O)c1c([B-](F)(F)F)c(C)n(-c2cnccn2)c1C. The van der Waals surface area contributed by atoms with Crippen molar-refractivity contribution in [2.75, 3.05) is 7.11 Å². The zero-order chi connectivity index (χ0) is 15.8. The van der Waals surface area contributed by atoms with Crippen LogP contribution in [-0.2, 0) is 4.74 Å². The number of carbonyl (C=O) groups is 1. The summed E-state index contributed by atoms with van der Waals surface area (Å²) in [5, 5.41) is 0. The van der Waals surface area contributed by atoms with E-state index >= 15 is 0 Å². The van der Waals surface area contributed by atoms with Crippen LogP contribution < -0.4 is 5.46 Å². The maximum atomic E-state index is 13.3. The highest BCUT2D eigenvalue weighted by atomic mass is 19.4. The molecule has 2 aromatic rings. The third-order valence-electron chi connectivity index (χ3n) is 3.19. The fourth-order valence-corrected chi connectivity index (χ4v) is 2.37. The van der Waals surface area contributed by atoms with Gasteiger partial charge in [0, 0.05) is 18.1 Å². The number of hydrogen-bond donors (Lipinski definition) is 0. The molecule has 2 aromatic heterocycles. The number of carbonyl (C=O) groups excluding carboxylic acids is 1. The lowest BCUT2D eigenvalue weighted by Crippen LogP contribution is -2.39. The summed E-state index contributed by atoms with van der Waals surface area (Å²) in [6, 6.07) is 0. The van der Waals surface area contributed by atoms with E-state index in [2.05, 4.69) is 14.7 Å². The Labute approximate surface area is 118 Å². The lowest BCUT2D eigenvalue weighted by molar-refractivity contribution is 0.0600. The molecule has 0 fully saturated rings. The van der Waals surface area contributed by atoms with E-state index in [1.54, 1.807) is 0 Å². The molecule has 0 aliphatic heterocycles. The van der Waals surface area contributed by atoms with Gasteiger partial charge in [0.1, 0.15) is 0 Å². The van der Waals surface area contributed by atoms with Crippen molar-refractivity contribution in [3.8, 4) is 5.82 Å². The standard InChI is InChI=1S/C12H12BF3N3O2/c1-7-10(12(20)21-3)11(13(14,15)16)8(2)19(7)9-6-17-4-5-18-9/h4-6H,1-3H3/q-1. The van der Waals surface area contributed by atoms with Gasteiger partial charge in [0.05, 0.1) is 18.9 Å². The normalized spacial score (nSPS) is 11.5. The minimum absolute atomic E-state index is 0.110. The molecule has 0 radical (unpaired) electrons. The summed E-state index contributed by atoms with van der Waals surface area (Å²) in [5.41, 5.74) is -1.42. The highest BCUT2D eigenvalue weighted by molar-refractivity contribution is 6.75. The van der Waals surface area contributed by atoms with Crippen molar-refractivity contribution >= 4 is 18.4 Å². The second-order valence-corrected chi connectivity index (χ2v) is 4.42. The average Bonchev–Trinajstić information content (AvgIpc) is 2.70.